The van der Waals surface area contributed by atoms with Gasteiger partial charge in [-0.25, -0.2) is 4.79 Å². The third-order valence-electron chi connectivity index (χ3n) is 5.91. The van der Waals surface area contributed by atoms with E-state index in [-0.39, 0.29) is 41.4 Å². The van der Waals surface area contributed by atoms with E-state index in [0.717, 1.165) is 24.3 Å². The number of hydrogen-bond donors (Lipinski definition) is 5. The summed E-state index contributed by atoms with van der Waals surface area (Å²) < 4.78 is 0. The number of aliphatic hydroxyl groups is 2. The molecule has 0 saturated carbocycles. The quantitative estimate of drug-likeness (QED) is 0.351. The Morgan fingerprint density at radius 1 is 1.44 bits per heavy atom. The smallest absolute Gasteiger partial charge is 0.353 e. The van der Waals surface area contributed by atoms with Crippen molar-refractivity contribution in [2.45, 2.75) is 62.7 Å². The molecule has 6 N–H and O–H groups in total. The van der Waals surface area contributed by atoms with Crippen LogP contribution in [0.25, 0.3) is 0 Å². The van der Waals surface area contributed by atoms with Gasteiger partial charge in [0, 0.05) is 35.2 Å². The fourth-order valence-electron chi connectivity index (χ4n) is 4.46. The number of carbonyl (C=O) groups excluding carboxylic acids is 1. The van der Waals surface area contributed by atoms with Crippen molar-refractivity contribution in [3.63, 3.8) is 0 Å². The van der Waals surface area contributed by atoms with Crippen LogP contribution in [-0.4, -0.2) is 74.7 Å². The molecule has 3 aliphatic rings. The van der Waals surface area contributed by atoms with Gasteiger partial charge in [-0.15, -0.1) is 11.8 Å². The minimum Gasteiger partial charge on any atom is -0.477 e. The Morgan fingerprint density at radius 2 is 2.15 bits per heavy atom. The number of β-lactam (4-membered cyclic amide) rings is 1. The van der Waals surface area contributed by atoms with Crippen LogP contribution in [-0.2, 0) is 9.59 Å². The number of fused-ring (bicyclic) bond motifs is 1. The van der Waals surface area contributed by atoms with Crippen molar-refractivity contribution in [1.29, 1.82) is 0 Å². The second-order valence-electron chi connectivity index (χ2n) is 7.82. The number of carbonyl (C=O) groups is 2. The molecule has 3 heterocycles. The van der Waals surface area contributed by atoms with Crippen LogP contribution in [0.15, 0.2) is 10.6 Å². The highest BCUT2D eigenvalue weighted by Crippen LogP contribution is 2.51. The first-order valence-corrected chi connectivity index (χ1v) is 10.4. The van der Waals surface area contributed by atoms with E-state index in [2.05, 4.69) is 5.32 Å². The van der Waals surface area contributed by atoms with Gasteiger partial charge < -0.3 is 31.3 Å². The summed E-state index contributed by atoms with van der Waals surface area (Å²) in [5.41, 5.74) is 5.53. The highest BCUT2D eigenvalue weighted by molar-refractivity contribution is 8.03. The molecule has 0 aromatic carbocycles. The normalized spacial score (nSPS) is 35.2. The number of thioether (sulfide) groups is 1. The first-order valence-electron chi connectivity index (χ1n) is 9.53. The van der Waals surface area contributed by atoms with Gasteiger partial charge in [-0.1, -0.05) is 6.92 Å². The Morgan fingerprint density at radius 3 is 2.74 bits per heavy atom. The second kappa shape index (κ2) is 8.08. The summed E-state index contributed by atoms with van der Waals surface area (Å²) in [6.07, 6.45) is 1.08. The van der Waals surface area contributed by atoms with E-state index in [1.54, 1.807) is 6.92 Å². The second-order valence-corrected chi connectivity index (χ2v) is 9.16. The van der Waals surface area contributed by atoms with Crippen LogP contribution < -0.4 is 11.1 Å². The summed E-state index contributed by atoms with van der Waals surface area (Å²) in [6, 6.07) is 0.00844. The lowest BCUT2D eigenvalue weighted by Crippen LogP contribution is -2.63. The Hall–Kier alpha value is -1.13. The maximum absolute atomic E-state index is 12.4. The lowest BCUT2D eigenvalue weighted by molar-refractivity contribution is -0.163. The van der Waals surface area contributed by atoms with Crippen molar-refractivity contribution < 1.29 is 24.9 Å². The van der Waals surface area contributed by atoms with Gasteiger partial charge in [0.2, 0.25) is 5.91 Å². The molecule has 0 spiro atoms. The molecular weight excluding hydrogens is 370 g/mol. The molecule has 2 saturated heterocycles. The monoisotopic (exact) mass is 399 g/mol. The van der Waals surface area contributed by atoms with Gasteiger partial charge >= 0.3 is 5.97 Å². The summed E-state index contributed by atoms with van der Waals surface area (Å²) in [4.78, 5) is 26.3. The third kappa shape index (κ3) is 3.75. The average Bonchev–Trinajstić information content (AvgIpc) is 3.14. The van der Waals surface area contributed by atoms with Crippen molar-refractivity contribution in [3.8, 4) is 0 Å². The molecule has 3 aliphatic heterocycles. The van der Waals surface area contributed by atoms with Crippen molar-refractivity contribution in [1.82, 2.24) is 10.2 Å². The molecule has 8 nitrogen and oxygen atoms in total. The van der Waals surface area contributed by atoms with Gasteiger partial charge in [0.25, 0.3) is 0 Å². The Balaban J connectivity index is 1.67. The molecule has 0 radical (unpaired) electrons. The molecule has 3 rings (SSSR count). The third-order valence-corrected chi connectivity index (χ3v) is 7.42. The Kier molecular flexibility index (Phi) is 6.17. The number of hydrogen-bond acceptors (Lipinski definition) is 7. The lowest BCUT2D eigenvalue weighted by atomic mass is 9.79. The van der Waals surface area contributed by atoms with Crippen LogP contribution in [0.2, 0.25) is 0 Å². The first-order chi connectivity index (χ1) is 12.8. The highest BCUT2D eigenvalue weighted by atomic mass is 32.2. The molecule has 9 heteroatoms. The number of nitrogens with zero attached hydrogens (tertiary/aromatic N) is 1. The molecule has 2 fully saturated rings. The van der Waals surface area contributed by atoms with E-state index in [1.165, 1.54) is 16.7 Å². The summed E-state index contributed by atoms with van der Waals surface area (Å²) in [5.74, 6) is -2.01. The predicted octanol–water partition coefficient (Wildman–Crippen LogP) is -0.296. The van der Waals surface area contributed by atoms with E-state index in [0.29, 0.717) is 6.42 Å². The molecule has 1 amide bonds. The van der Waals surface area contributed by atoms with Gasteiger partial charge in [-0.3, -0.25) is 4.79 Å². The number of nitrogens with one attached hydrogen (secondary N) is 1. The van der Waals surface area contributed by atoms with Gasteiger partial charge in [0.1, 0.15) is 5.70 Å². The largest absolute Gasteiger partial charge is 0.477 e. The van der Waals surface area contributed by atoms with Crippen molar-refractivity contribution in [3.05, 3.63) is 10.6 Å². The van der Waals surface area contributed by atoms with Crippen LogP contribution in [0.4, 0.5) is 0 Å². The van der Waals surface area contributed by atoms with Crippen molar-refractivity contribution in [2.75, 3.05) is 13.1 Å². The minimum atomic E-state index is -1.09. The Labute approximate surface area is 163 Å². The Bertz CT molecular complexity index is 640. The lowest BCUT2D eigenvalue weighted by Gasteiger charge is -2.46. The summed E-state index contributed by atoms with van der Waals surface area (Å²) in [5, 5.41) is 32.8. The summed E-state index contributed by atoms with van der Waals surface area (Å²) in [6.45, 7) is 4.54. The van der Waals surface area contributed by atoms with Gasteiger partial charge in [0.15, 0.2) is 0 Å². The number of carboxylic acid groups (broad SMARTS) is 1. The summed E-state index contributed by atoms with van der Waals surface area (Å²) in [7, 11) is 0. The zero-order valence-electron chi connectivity index (χ0n) is 15.7. The standard InChI is InChI=1S/C18H29N3O5S/c1-8-14-13(9(2)22)17(24)21(14)15(18(25)26)16(8)27-12-5-10(20-7-12)3-4-11(23)6-19/h8-14,20,22-23H,3-7,19H2,1-2H3,(H,25,26)/t8-,9-,10-,11?,12+,13-,14-/m1/s1. The maximum atomic E-state index is 12.4. The number of rotatable bonds is 8. The molecule has 152 valence electrons. The fraction of sp³-hybridized carbons (Fsp3) is 0.778. The first kappa shape index (κ1) is 20.6. The van der Waals surface area contributed by atoms with Crippen molar-refractivity contribution >= 4 is 23.6 Å². The van der Waals surface area contributed by atoms with E-state index in [9.17, 15) is 24.9 Å². The van der Waals surface area contributed by atoms with Crippen LogP contribution in [0.3, 0.4) is 0 Å². The average molecular weight is 400 g/mol. The van der Waals surface area contributed by atoms with Crippen molar-refractivity contribution in [2.24, 2.45) is 17.6 Å². The molecule has 1 unspecified atom stereocenters. The number of aliphatic carboxylic acids is 1. The van der Waals surface area contributed by atoms with E-state index >= 15 is 0 Å². The number of nitrogens with two attached hydrogens (primary N) is 1. The van der Waals surface area contributed by atoms with Crippen LogP contribution in [0.1, 0.15) is 33.1 Å². The molecule has 0 aromatic rings. The fourth-order valence-corrected chi connectivity index (χ4v) is 5.98. The van der Waals surface area contributed by atoms with Crippen LogP contribution in [0.5, 0.6) is 0 Å². The number of aliphatic hydroxyl groups excluding tert-OH is 2. The van der Waals surface area contributed by atoms with Gasteiger partial charge in [0.05, 0.1) is 24.2 Å². The van der Waals surface area contributed by atoms with Crippen LogP contribution >= 0.6 is 11.8 Å². The van der Waals surface area contributed by atoms with Gasteiger partial charge in [-0.2, -0.15) is 0 Å². The van der Waals surface area contributed by atoms with Gasteiger partial charge in [-0.05, 0) is 26.2 Å². The highest BCUT2D eigenvalue weighted by Gasteiger charge is 2.60. The molecule has 0 aromatic heterocycles. The molecule has 7 atom stereocenters. The minimum absolute atomic E-state index is 0.0846. The van der Waals surface area contributed by atoms with E-state index in [4.69, 9.17) is 5.73 Å². The number of carboxylic acids is 1. The predicted molar refractivity (Wildman–Crippen MR) is 102 cm³/mol. The maximum Gasteiger partial charge on any atom is 0.353 e. The zero-order valence-corrected chi connectivity index (χ0v) is 16.5. The zero-order chi connectivity index (χ0) is 19.9. The van der Waals surface area contributed by atoms with Crippen LogP contribution in [0, 0.1) is 11.8 Å². The van der Waals surface area contributed by atoms with E-state index in [1.807, 2.05) is 6.92 Å². The molecule has 0 bridgehead atoms. The molecule has 0 aliphatic carbocycles. The topological polar surface area (TPSA) is 136 Å². The van der Waals surface area contributed by atoms with E-state index < -0.39 is 24.1 Å². The molecule has 27 heavy (non-hydrogen) atoms. The SMILES string of the molecule is C[C@@H](O)[C@H]1C(=O)N2C(C(=O)O)=C(S[C@@H]3CN[C@H](CCC(O)CN)C3)[C@H](C)[C@H]12. The summed E-state index contributed by atoms with van der Waals surface area (Å²) >= 11 is 1.54. The number of amides is 1. The molecular formula is C18H29N3O5S.